The number of piperazine rings is 1. The highest BCUT2D eigenvalue weighted by Gasteiger charge is 2.60. The number of tetrazole rings is 1. The molecule has 4 aliphatic rings. The molecular formula is C25H39IN10O5S. The highest BCUT2D eigenvalue weighted by Crippen LogP contribution is 2.51. The number of nitrogens with zero attached hydrogens (tertiary/aromatic N) is 7. The van der Waals surface area contributed by atoms with E-state index in [1.165, 1.54) is 27.7 Å². The van der Waals surface area contributed by atoms with Crippen molar-refractivity contribution < 1.29 is 52.7 Å². The summed E-state index contributed by atoms with van der Waals surface area (Å²) in [7, 11) is 2.18. The molecule has 42 heavy (non-hydrogen) atoms. The Morgan fingerprint density at radius 3 is 2.64 bits per heavy atom. The second kappa shape index (κ2) is 13.1. The van der Waals surface area contributed by atoms with Gasteiger partial charge in [0.2, 0.25) is 17.7 Å². The monoisotopic (exact) mass is 718 g/mol. The summed E-state index contributed by atoms with van der Waals surface area (Å²) in [5.74, 6) is -2.48. The third kappa shape index (κ3) is 6.29. The van der Waals surface area contributed by atoms with Crippen molar-refractivity contribution in [2.75, 3.05) is 52.9 Å². The number of likely N-dealkylation sites (N-methyl/N-ethyl adjacent to an activating group) is 1. The van der Waals surface area contributed by atoms with Crippen molar-refractivity contribution in [1.29, 1.82) is 0 Å². The molecule has 5 N–H and O–H groups in total. The molecule has 0 spiro atoms. The SMILES string of the molecule is CC(NC(=O)Cn1cnnn1)[C@H]1C(=O)N2C(C(=O)O)=C(S[C@@H]3CN[C@H](C(=O)N4CC[N+](C)(CCN)CC4)C3)[C@H](C)[C@H]12.[I-]. The predicted molar refractivity (Wildman–Crippen MR) is 148 cm³/mol. The van der Waals surface area contributed by atoms with E-state index in [1.807, 2.05) is 11.8 Å². The first-order valence-electron chi connectivity index (χ1n) is 14.1. The van der Waals surface area contributed by atoms with Gasteiger partial charge in [0.05, 0.1) is 57.8 Å². The fourth-order valence-electron chi connectivity index (χ4n) is 6.57. The van der Waals surface area contributed by atoms with Crippen LogP contribution in [0.5, 0.6) is 0 Å². The van der Waals surface area contributed by atoms with Gasteiger partial charge in [-0.1, -0.05) is 6.92 Å². The Morgan fingerprint density at radius 2 is 2.02 bits per heavy atom. The number of carboxylic acid groups (broad SMARTS) is 1. The van der Waals surface area contributed by atoms with Gasteiger partial charge < -0.3 is 59.7 Å². The van der Waals surface area contributed by atoms with Crippen LogP contribution in [0.4, 0.5) is 0 Å². The molecule has 0 bridgehead atoms. The maximum atomic E-state index is 13.3. The highest BCUT2D eigenvalue weighted by atomic mass is 127. The quantitative estimate of drug-likeness (QED) is 0.103. The summed E-state index contributed by atoms with van der Waals surface area (Å²) in [6.07, 6.45) is 1.91. The standard InChI is InChI=1S/C25H38N10O5S.HI/c1-14-20-19(15(2)29-18(36)12-33-13-28-30-31-33)24(38)34(20)21(25(39)40)22(14)41-16-10-17(27-11-16)23(37)32-5-8-35(3,7-4-26)9-6-32;/h13-17,19-20,27H,4-12,26H2,1-3H3,(H-,29,36,39,40);1H/t14-,15?,16+,17+,19-,20-;/m1./s1. The van der Waals surface area contributed by atoms with Crippen LogP contribution in [0.1, 0.15) is 20.3 Å². The molecular weight excluding hydrogens is 679 g/mol. The number of thioether (sulfide) groups is 1. The lowest BCUT2D eigenvalue weighted by atomic mass is 9.78. The smallest absolute Gasteiger partial charge is 0.353 e. The average molecular weight is 719 g/mol. The zero-order valence-corrected chi connectivity index (χ0v) is 27.0. The fourth-order valence-corrected chi connectivity index (χ4v) is 8.05. The average Bonchev–Trinajstić information content (AvgIpc) is 3.65. The Labute approximate surface area is 265 Å². The fraction of sp³-hybridized carbons (Fsp3) is 0.720. The van der Waals surface area contributed by atoms with Gasteiger partial charge in [-0.15, -0.1) is 16.9 Å². The Morgan fingerprint density at radius 1 is 1.31 bits per heavy atom. The van der Waals surface area contributed by atoms with Crippen molar-refractivity contribution in [2.45, 2.75) is 50.2 Å². The number of hydrogen-bond donors (Lipinski definition) is 4. The molecule has 6 atom stereocenters. The minimum Gasteiger partial charge on any atom is -1.00 e. The third-order valence-corrected chi connectivity index (χ3v) is 10.4. The first-order valence-corrected chi connectivity index (χ1v) is 14.9. The summed E-state index contributed by atoms with van der Waals surface area (Å²) in [6.45, 7) is 8.85. The molecule has 232 valence electrons. The van der Waals surface area contributed by atoms with Crippen molar-refractivity contribution >= 4 is 35.5 Å². The van der Waals surface area contributed by atoms with Crippen LogP contribution in [0.15, 0.2) is 16.9 Å². The summed E-state index contributed by atoms with van der Waals surface area (Å²) >= 11 is 1.46. The number of amides is 3. The van der Waals surface area contributed by atoms with Crippen LogP contribution in [-0.2, 0) is 25.7 Å². The Hall–Kier alpha value is -2.35. The van der Waals surface area contributed by atoms with E-state index in [4.69, 9.17) is 5.73 Å². The number of aromatic nitrogens is 4. The van der Waals surface area contributed by atoms with E-state index < -0.39 is 17.9 Å². The molecule has 0 radical (unpaired) electrons. The van der Waals surface area contributed by atoms with E-state index in [0.29, 0.717) is 37.5 Å². The van der Waals surface area contributed by atoms with Crippen LogP contribution in [0, 0.1) is 11.8 Å². The lowest BCUT2D eigenvalue weighted by Crippen LogP contribution is -3.00. The summed E-state index contributed by atoms with van der Waals surface area (Å²) in [5.41, 5.74) is 5.77. The van der Waals surface area contributed by atoms with Gasteiger partial charge >= 0.3 is 5.97 Å². The summed E-state index contributed by atoms with van der Waals surface area (Å²) in [4.78, 5) is 55.2. The number of carbonyl (C=O) groups excluding carboxylic acids is 3. The minimum atomic E-state index is -1.14. The number of carbonyl (C=O) groups is 4. The van der Waals surface area contributed by atoms with Gasteiger partial charge in [-0.25, -0.2) is 9.48 Å². The number of aliphatic carboxylic acids is 1. The molecule has 3 amide bonds. The van der Waals surface area contributed by atoms with Crippen LogP contribution < -0.4 is 40.3 Å². The largest absolute Gasteiger partial charge is 1.00 e. The molecule has 3 fully saturated rings. The summed E-state index contributed by atoms with van der Waals surface area (Å²) in [5, 5.41) is 27.0. The number of rotatable bonds is 10. The van der Waals surface area contributed by atoms with E-state index in [1.54, 1.807) is 6.92 Å². The number of halogens is 1. The van der Waals surface area contributed by atoms with Crippen LogP contribution in [0.3, 0.4) is 0 Å². The van der Waals surface area contributed by atoms with E-state index in [-0.39, 0.29) is 77.2 Å². The van der Waals surface area contributed by atoms with Crippen LogP contribution in [-0.4, -0.2) is 140 Å². The van der Waals surface area contributed by atoms with Crippen LogP contribution >= 0.6 is 11.8 Å². The molecule has 5 rings (SSSR count). The number of carboxylic acids is 1. The lowest BCUT2D eigenvalue weighted by Gasteiger charge is -2.47. The molecule has 17 heteroatoms. The first-order chi connectivity index (χ1) is 19.5. The number of hydrogen-bond acceptors (Lipinski definition) is 10. The number of quaternary nitrogens is 1. The van der Waals surface area contributed by atoms with E-state index in [0.717, 1.165) is 24.1 Å². The second-order valence-electron chi connectivity index (χ2n) is 11.7. The van der Waals surface area contributed by atoms with Gasteiger partial charge in [0, 0.05) is 35.2 Å². The van der Waals surface area contributed by atoms with Gasteiger partial charge in [-0.05, 0) is 23.8 Å². The molecule has 3 saturated heterocycles. The van der Waals surface area contributed by atoms with Crippen molar-refractivity contribution in [1.82, 2.24) is 40.6 Å². The van der Waals surface area contributed by atoms with Crippen LogP contribution in [0.25, 0.3) is 0 Å². The number of β-lactam (4-membered cyclic amide) rings is 1. The highest BCUT2D eigenvalue weighted by molar-refractivity contribution is 8.03. The molecule has 15 nitrogen and oxygen atoms in total. The van der Waals surface area contributed by atoms with Gasteiger partial charge in [-0.2, -0.15) is 0 Å². The molecule has 0 saturated carbocycles. The molecule has 0 aliphatic carbocycles. The van der Waals surface area contributed by atoms with Crippen molar-refractivity contribution in [2.24, 2.45) is 17.6 Å². The van der Waals surface area contributed by atoms with Crippen molar-refractivity contribution in [3.63, 3.8) is 0 Å². The molecule has 0 aromatic carbocycles. The molecule has 4 aliphatic heterocycles. The predicted octanol–water partition coefficient (Wildman–Crippen LogP) is -5.33. The van der Waals surface area contributed by atoms with Crippen molar-refractivity contribution in [3.05, 3.63) is 16.9 Å². The summed E-state index contributed by atoms with van der Waals surface area (Å²) < 4.78 is 2.16. The third-order valence-electron chi connectivity index (χ3n) is 8.90. The zero-order chi connectivity index (χ0) is 29.5. The zero-order valence-electron chi connectivity index (χ0n) is 24.0. The maximum absolute atomic E-state index is 13.3. The molecule has 1 aromatic rings. The van der Waals surface area contributed by atoms with Crippen LogP contribution in [0.2, 0.25) is 0 Å². The number of nitrogens with one attached hydrogen (secondary N) is 2. The van der Waals surface area contributed by atoms with E-state index in [9.17, 15) is 24.3 Å². The Kier molecular flexibility index (Phi) is 10.2. The first kappa shape index (κ1) is 32.6. The van der Waals surface area contributed by atoms with Gasteiger partial charge in [0.15, 0.2) is 0 Å². The van der Waals surface area contributed by atoms with Gasteiger partial charge in [-0.3, -0.25) is 14.4 Å². The number of nitrogens with two attached hydrogens (primary N) is 1. The number of fused-ring (bicyclic) bond motifs is 1. The normalized spacial score (nSPS) is 29.0. The Balaban J connectivity index is 0.00000405. The van der Waals surface area contributed by atoms with Gasteiger partial charge in [0.25, 0.3) is 0 Å². The lowest BCUT2D eigenvalue weighted by molar-refractivity contribution is -0.911. The molecule has 1 aromatic heterocycles. The minimum absolute atomic E-state index is 0. The molecule has 5 heterocycles. The van der Waals surface area contributed by atoms with E-state index in [2.05, 4.69) is 33.2 Å². The maximum Gasteiger partial charge on any atom is 0.353 e. The van der Waals surface area contributed by atoms with Gasteiger partial charge in [0.1, 0.15) is 18.6 Å². The topological polar surface area (TPSA) is 189 Å². The van der Waals surface area contributed by atoms with Crippen molar-refractivity contribution in [3.8, 4) is 0 Å². The summed E-state index contributed by atoms with van der Waals surface area (Å²) in [6, 6.07) is -1.17. The molecule has 1 unspecified atom stereocenters. The second-order valence-corrected chi connectivity index (χ2v) is 13.1. The van der Waals surface area contributed by atoms with E-state index >= 15 is 0 Å². The Bertz CT molecular complexity index is 1220.